The van der Waals surface area contributed by atoms with Crippen LogP contribution in [-0.4, -0.2) is 15.0 Å². The number of halogens is 1. The number of carbonyl (C=O) groups is 1. The van der Waals surface area contributed by atoms with Crippen LogP contribution in [0.3, 0.4) is 0 Å². The van der Waals surface area contributed by atoms with E-state index in [0.29, 0.717) is 16.3 Å². The highest BCUT2D eigenvalue weighted by Gasteiger charge is 2.12. The molecule has 0 aliphatic carbocycles. The molecule has 0 bridgehead atoms. The Hall–Kier alpha value is -2.53. The largest absolute Gasteiger partial charge is 0.328 e. The van der Waals surface area contributed by atoms with Gasteiger partial charge in [-0.15, -0.1) is 0 Å². The highest BCUT2D eigenvalue weighted by atomic mass is 35.5. The average Bonchev–Trinajstić information content (AvgIpc) is 2.74. The zero-order valence-electron chi connectivity index (χ0n) is 12.1. The number of anilines is 1. The van der Waals surface area contributed by atoms with E-state index in [1.165, 1.54) is 4.57 Å². The standard InChI is InChI=1S/C16H14ClN3O2/c1-19-13-8-3-10(9-14(13)20(2)16(19)22)15(21)18-12-6-4-11(17)5-7-12/h3-9H,1-2H3,(H,18,21). The van der Waals surface area contributed by atoms with Gasteiger partial charge in [0.1, 0.15) is 0 Å². The van der Waals surface area contributed by atoms with Gasteiger partial charge in [-0.3, -0.25) is 13.9 Å². The fourth-order valence-electron chi connectivity index (χ4n) is 2.38. The Morgan fingerprint density at radius 2 is 1.64 bits per heavy atom. The molecule has 0 unspecified atom stereocenters. The molecule has 3 rings (SSSR count). The molecule has 0 aliphatic heterocycles. The van der Waals surface area contributed by atoms with Crippen molar-refractivity contribution in [1.29, 1.82) is 0 Å². The van der Waals surface area contributed by atoms with Crippen LogP contribution in [0.5, 0.6) is 0 Å². The van der Waals surface area contributed by atoms with Gasteiger partial charge in [0, 0.05) is 30.4 Å². The molecule has 0 aliphatic rings. The number of aromatic nitrogens is 2. The lowest BCUT2D eigenvalue weighted by atomic mass is 10.1. The van der Waals surface area contributed by atoms with E-state index in [1.807, 2.05) is 0 Å². The summed E-state index contributed by atoms with van der Waals surface area (Å²) in [7, 11) is 3.39. The minimum Gasteiger partial charge on any atom is -0.322 e. The van der Waals surface area contributed by atoms with Crippen molar-refractivity contribution in [3.8, 4) is 0 Å². The number of amides is 1. The lowest BCUT2D eigenvalue weighted by molar-refractivity contribution is 0.102. The second-order valence-electron chi connectivity index (χ2n) is 5.07. The molecule has 0 spiro atoms. The minimum atomic E-state index is -0.236. The van der Waals surface area contributed by atoms with E-state index in [2.05, 4.69) is 5.32 Å². The third kappa shape index (κ3) is 2.40. The van der Waals surface area contributed by atoms with Crippen LogP contribution in [0.1, 0.15) is 10.4 Å². The number of nitrogens with one attached hydrogen (secondary N) is 1. The first-order valence-electron chi connectivity index (χ1n) is 6.70. The van der Waals surface area contributed by atoms with Gasteiger partial charge in [0.05, 0.1) is 11.0 Å². The van der Waals surface area contributed by atoms with Crippen molar-refractivity contribution in [1.82, 2.24) is 9.13 Å². The first-order valence-corrected chi connectivity index (χ1v) is 7.07. The number of rotatable bonds is 2. The van der Waals surface area contributed by atoms with E-state index >= 15 is 0 Å². The molecule has 0 atom stereocenters. The maximum atomic E-state index is 12.3. The Kier molecular flexibility index (Phi) is 3.50. The maximum absolute atomic E-state index is 12.3. The summed E-state index contributed by atoms with van der Waals surface area (Å²) in [5.74, 6) is -0.236. The third-order valence-corrected chi connectivity index (χ3v) is 3.89. The number of carbonyl (C=O) groups excluding carboxylic acids is 1. The zero-order valence-corrected chi connectivity index (χ0v) is 12.9. The van der Waals surface area contributed by atoms with Gasteiger partial charge in [-0.2, -0.15) is 0 Å². The summed E-state index contributed by atoms with van der Waals surface area (Å²) < 4.78 is 3.07. The summed E-state index contributed by atoms with van der Waals surface area (Å²) >= 11 is 5.82. The van der Waals surface area contributed by atoms with Crippen LogP contribution in [0.2, 0.25) is 5.02 Å². The molecular weight excluding hydrogens is 302 g/mol. The zero-order chi connectivity index (χ0) is 15.9. The molecule has 1 aromatic heterocycles. The minimum absolute atomic E-state index is 0.120. The molecule has 1 heterocycles. The van der Waals surface area contributed by atoms with E-state index in [0.717, 1.165) is 11.0 Å². The average molecular weight is 316 g/mol. The van der Waals surface area contributed by atoms with E-state index in [-0.39, 0.29) is 11.6 Å². The summed E-state index contributed by atoms with van der Waals surface area (Å²) in [6.45, 7) is 0. The van der Waals surface area contributed by atoms with Crippen LogP contribution >= 0.6 is 11.6 Å². The number of aryl methyl sites for hydroxylation is 2. The molecule has 22 heavy (non-hydrogen) atoms. The number of hydrogen-bond donors (Lipinski definition) is 1. The fraction of sp³-hybridized carbons (Fsp3) is 0.125. The SMILES string of the molecule is Cn1c(=O)n(C)c2cc(C(=O)Nc3ccc(Cl)cc3)ccc21. The van der Waals surface area contributed by atoms with Gasteiger partial charge in [0.25, 0.3) is 5.91 Å². The van der Waals surface area contributed by atoms with Gasteiger partial charge in [0.2, 0.25) is 0 Å². The molecular formula is C16H14ClN3O2. The van der Waals surface area contributed by atoms with E-state index in [1.54, 1.807) is 61.1 Å². The molecule has 112 valence electrons. The van der Waals surface area contributed by atoms with Crippen molar-refractivity contribution in [3.05, 3.63) is 63.5 Å². The van der Waals surface area contributed by atoms with Crippen molar-refractivity contribution in [2.45, 2.75) is 0 Å². The number of hydrogen-bond acceptors (Lipinski definition) is 2. The van der Waals surface area contributed by atoms with Crippen LogP contribution in [0.15, 0.2) is 47.3 Å². The Bertz CT molecular complexity index is 923. The second-order valence-corrected chi connectivity index (χ2v) is 5.50. The van der Waals surface area contributed by atoms with Gasteiger partial charge in [0.15, 0.2) is 0 Å². The predicted octanol–water partition coefficient (Wildman–Crippen LogP) is 2.78. The topological polar surface area (TPSA) is 56.0 Å². The van der Waals surface area contributed by atoms with E-state index < -0.39 is 0 Å². The van der Waals surface area contributed by atoms with Crippen molar-refractivity contribution in [2.75, 3.05) is 5.32 Å². The summed E-state index contributed by atoms with van der Waals surface area (Å²) in [6.07, 6.45) is 0. The highest BCUT2D eigenvalue weighted by molar-refractivity contribution is 6.30. The van der Waals surface area contributed by atoms with Crippen LogP contribution < -0.4 is 11.0 Å². The smallest absolute Gasteiger partial charge is 0.322 e. The first kappa shape index (κ1) is 14.4. The van der Waals surface area contributed by atoms with Crippen LogP contribution in [-0.2, 0) is 14.1 Å². The summed E-state index contributed by atoms with van der Waals surface area (Å²) in [4.78, 5) is 24.2. The molecule has 6 heteroatoms. The van der Waals surface area contributed by atoms with Crippen molar-refractivity contribution in [3.63, 3.8) is 0 Å². The molecule has 0 radical (unpaired) electrons. The second kappa shape index (κ2) is 5.35. The molecule has 3 aromatic rings. The molecule has 0 saturated carbocycles. The number of fused-ring (bicyclic) bond motifs is 1. The maximum Gasteiger partial charge on any atom is 0.328 e. The highest BCUT2D eigenvalue weighted by Crippen LogP contribution is 2.17. The lowest BCUT2D eigenvalue weighted by Gasteiger charge is -2.06. The Labute approximate surface area is 131 Å². The Balaban J connectivity index is 1.96. The van der Waals surface area contributed by atoms with E-state index in [4.69, 9.17) is 11.6 Å². The van der Waals surface area contributed by atoms with Gasteiger partial charge >= 0.3 is 5.69 Å². The molecule has 1 N–H and O–H groups in total. The van der Waals surface area contributed by atoms with Crippen LogP contribution in [0, 0.1) is 0 Å². The summed E-state index contributed by atoms with van der Waals surface area (Å²) in [5, 5.41) is 3.41. The first-order chi connectivity index (χ1) is 10.5. The van der Waals surface area contributed by atoms with Crippen LogP contribution in [0.4, 0.5) is 5.69 Å². The van der Waals surface area contributed by atoms with Gasteiger partial charge in [-0.25, -0.2) is 4.79 Å². The van der Waals surface area contributed by atoms with Gasteiger partial charge in [-0.1, -0.05) is 11.6 Å². The number of imidazole rings is 1. The lowest BCUT2D eigenvalue weighted by Crippen LogP contribution is -2.19. The van der Waals surface area contributed by atoms with Crippen molar-refractivity contribution in [2.24, 2.45) is 14.1 Å². The predicted molar refractivity (Wildman–Crippen MR) is 87.6 cm³/mol. The van der Waals surface area contributed by atoms with Crippen molar-refractivity contribution < 1.29 is 4.79 Å². The molecule has 0 saturated heterocycles. The third-order valence-electron chi connectivity index (χ3n) is 3.64. The number of benzene rings is 2. The summed E-state index contributed by atoms with van der Waals surface area (Å²) in [6, 6.07) is 12.1. The van der Waals surface area contributed by atoms with E-state index in [9.17, 15) is 9.59 Å². The fourth-order valence-corrected chi connectivity index (χ4v) is 2.51. The van der Waals surface area contributed by atoms with Crippen molar-refractivity contribution >= 4 is 34.2 Å². The normalized spacial score (nSPS) is 10.9. The van der Waals surface area contributed by atoms with Crippen LogP contribution in [0.25, 0.3) is 11.0 Å². The monoisotopic (exact) mass is 315 g/mol. The molecule has 5 nitrogen and oxygen atoms in total. The quantitative estimate of drug-likeness (QED) is 0.790. The van der Waals surface area contributed by atoms with Gasteiger partial charge < -0.3 is 5.32 Å². The Morgan fingerprint density at radius 1 is 1.00 bits per heavy atom. The number of nitrogens with zero attached hydrogens (tertiary/aromatic N) is 2. The molecule has 2 aromatic carbocycles. The Morgan fingerprint density at radius 3 is 2.32 bits per heavy atom. The van der Waals surface area contributed by atoms with Gasteiger partial charge in [-0.05, 0) is 42.5 Å². The summed E-state index contributed by atoms with van der Waals surface area (Å²) in [5.41, 5.74) is 2.54. The molecule has 1 amide bonds. The molecule has 0 fully saturated rings.